The summed E-state index contributed by atoms with van der Waals surface area (Å²) in [5, 5.41) is 2.19. The van der Waals surface area contributed by atoms with Gasteiger partial charge in [0.2, 0.25) is 0 Å². The number of rotatable bonds is 3. The van der Waals surface area contributed by atoms with Crippen LogP contribution in [0.25, 0.3) is 6.08 Å². The summed E-state index contributed by atoms with van der Waals surface area (Å²) in [6.07, 6.45) is 1.40. The van der Waals surface area contributed by atoms with Gasteiger partial charge in [0.15, 0.2) is 0 Å². The minimum atomic E-state index is -0.759. The maximum Gasteiger partial charge on any atom is 0.331 e. The van der Waals surface area contributed by atoms with Gasteiger partial charge in [-0.05, 0) is 39.0 Å². The molecule has 1 saturated heterocycles. The smallest absolute Gasteiger partial charge is 0.331 e. The maximum absolute atomic E-state index is 12.6. The van der Waals surface area contributed by atoms with Gasteiger partial charge in [0.25, 0.3) is 11.8 Å². The third kappa shape index (κ3) is 3.24. The highest BCUT2D eigenvalue weighted by Gasteiger charge is 2.41. The molecule has 0 bridgehead atoms. The Hall–Kier alpha value is -2.83. The lowest BCUT2D eigenvalue weighted by Gasteiger charge is -2.36. The number of hydrogen-bond donors (Lipinski definition) is 1. The van der Waals surface area contributed by atoms with Crippen molar-refractivity contribution in [1.82, 2.24) is 10.2 Å². The van der Waals surface area contributed by atoms with Gasteiger partial charge in [-0.3, -0.25) is 19.8 Å². The van der Waals surface area contributed by atoms with E-state index in [0.717, 1.165) is 4.90 Å². The number of nitrogens with one attached hydrogen (secondary N) is 1. The average molecular weight is 332 g/mol. The lowest BCUT2D eigenvalue weighted by atomic mass is 10.0. The molecule has 1 aromatic carbocycles. The molecule has 0 radical (unpaired) electrons. The lowest BCUT2D eigenvalue weighted by molar-refractivity contribution is -0.133. The third-order valence-corrected chi connectivity index (χ3v) is 3.51. The normalized spacial score (nSPS) is 17.1. The highest BCUT2D eigenvalue weighted by atomic mass is 16.5. The first kappa shape index (κ1) is 17.5. The van der Waals surface area contributed by atoms with Crippen LogP contribution in [0, 0.1) is 0 Å². The molecule has 0 saturated carbocycles. The molecule has 0 aromatic heterocycles. The molecule has 1 aliphatic heterocycles. The first-order valence-corrected chi connectivity index (χ1v) is 7.32. The van der Waals surface area contributed by atoms with Crippen molar-refractivity contribution >= 4 is 23.9 Å². The van der Waals surface area contributed by atoms with E-state index >= 15 is 0 Å². The fourth-order valence-corrected chi connectivity index (χ4v) is 2.36. The Balaban J connectivity index is 2.50. The number of urea groups is 1. The van der Waals surface area contributed by atoms with Crippen LogP contribution in [0.2, 0.25) is 0 Å². The van der Waals surface area contributed by atoms with E-state index in [0.29, 0.717) is 17.1 Å². The molecule has 0 unspecified atom stereocenters. The van der Waals surface area contributed by atoms with Gasteiger partial charge in [0.05, 0.1) is 14.2 Å². The zero-order valence-electron chi connectivity index (χ0n) is 14.3. The highest BCUT2D eigenvalue weighted by molar-refractivity contribution is 6.31. The zero-order chi connectivity index (χ0) is 18.1. The fraction of sp³-hybridized carbons (Fsp3) is 0.353. The van der Waals surface area contributed by atoms with Gasteiger partial charge in [0.1, 0.15) is 17.1 Å². The van der Waals surface area contributed by atoms with Gasteiger partial charge < -0.3 is 9.47 Å². The Bertz CT molecular complexity index is 731. The molecule has 1 heterocycles. The minimum Gasteiger partial charge on any atom is -0.497 e. The van der Waals surface area contributed by atoms with Gasteiger partial charge in [-0.25, -0.2) is 4.79 Å². The van der Waals surface area contributed by atoms with Crippen molar-refractivity contribution in [3.05, 3.63) is 29.3 Å². The molecule has 1 aliphatic rings. The van der Waals surface area contributed by atoms with Crippen molar-refractivity contribution in [2.24, 2.45) is 0 Å². The van der Waals surface area contributed by atoms with E-state index in [1.807, 2.05) is 0 Å². The molecule has 1 aromatic rings. The van der Waals surface area contributed by atoms with Crippen LogP contribution in [-0.2, 0) is 9.59 Å². The number of carbonyl (C=O) groups is 3. The summed E-state index contributed by atoms with van der Waals surface area (Å²) in [6, 6.07) is 4.27. The number of amides is 4. The summed E-state index contributed by atoms with van der Waals surface area (Å²) in [7, 11) is 3.00. The zero-order valence-corrected chi connectivity index (χ0v) is 14.3. The SMILES string of the molecule is COc1ccc(C=C2C(=O)NC(=O)N(C(C)(C)C)C2=O)c(OC)c1. The monoisotopic (exact) mass is 332 g/mol. The molecular weight excluding hydrogens is 312 g/mol. The molecule has 0 aliphatic carbocycles. The summed E-state index contributed by atoms with van der Waals surface area (Å²) in [4.78, 5) is 37.7. The van der Waals surface area contributed by atoms with Crippen molar-refractivity contribution < 1.29 is 23.9 Å². The van der Waals surface area contributed by atoms with Crippen LogP contribution in [0.5, 0.6) is 11.5 Å². The molecule has 1 N–H and O–H groups in total. The standard InChI is InChI=1S/C17H20N2O5/c1-17(2,3)19-15(21)12(14(20)18-16(19)22)8-10-6-7-11(23-4)9-13(10)24-5/h6-9H,1-5H3,(H,18,20,22). The topological polar surface area (TPSA) is 84.9 Å². The number of hydrogen-bond acceptors (Lipinski definition) is 5. The second-order valence-electron chi connectivity index (χ2n) is 6.24. The molecule has 7 nitrogen and oxygen atoms in total. The molecular formula is C17H20N2O5. The Labute approximate surface area is 140 Å². The molecule has 128 valence electrons. The predicted octanol–water partition coefficient (Wildman–Crippen LogP) is 1.96. The van der Waals surface area contributed by atoms with E-state index in [1.165, 1.54) is 20.3 Å². The van der Waals surface area contributed by atoms with Crippen molar-refractivity contribution in [1.29, 1.82) is 0 Å². The Morgan fingerprint density at radius 2 is 1.75 bits per heavy atom. The Kier molecular flexibility index (Phi) is 4.64. The molecule has 1 fully saturated rings. The van der Waals surface area contributed by atoms with Gasteiger partial charge in [-0.1, -0.05) is 0 Å². The minimum absolute atomic E-state index is 0.131. The number of benzene rings is 1. The van der Waals surface area contributed by atoms with E-state index in [1.54, 1.807) is 39.0 Å². The van der Waals surface area contributed by atoms with Gasteiger partial charge in [-0.15, -0.1) is 0 Å². The predicted molar refractivity (Wildman–Crippen MR) is 87.7 cm³/mol. The number of barbiturate groups is 1. The van der Waals surface area contributed by atoms with Crippen LogP contribution in [-0.4, -0.2) is 42.5 Å². The largest absolute Gasteiger partial charge is 0.497 e. The van der Waals surface area contributed by atoms with Crippen LogP contribution < -0.4 is 14.8 Å². The second kappa shape index (κ2) is 6.35. The molecule has 2 rings (SSSR count). The second-order valence-corrected chi connectivity index (χ2v) is 6.24. The number of ether oxygens (including phenoxy) is 2. The third-order valence-electron chi connectivity index (χ3n) is 3.51. The Morgan fingerprint density at radius 1 is 1.08 bits per heavy atom. The van der Waals surface area contributed by atoms with Crippen LogP contribution in [0.1, 0.15) is 26.3 Å². The van der Waals surface area contributed by atoms with Crippen LogP contribution in [0.4, 0.5) is 4.79 Å². The van der Waals surface area contributed by atoms with Gasteiger partial charge >= 0.3 is 6.03 Å². The molecule has 4 amide bonds. The van der Waals surface area contributed by atoms with Crippen LogP contribution >= 0.6 is 0 Å². The number of carbonyl (C=O) groups excluding carboxylic acids is 3. The first-order valence-electron chi connectivity index (χ1n) is 7.32. The average Bonchev–Trinajstić information content (AvgIpc) is 2.49. The van der Waals surface area contributed by atoms with Crippen molar-refractivity contribution in [3.8, 4) is 11.5 Å². The lowest BCUT2D eigenvalue weighted by Crippen LogP contribution is -2.60. The van der Waals surface area contributed by atoms with Gasteiger partial charge in [0, 0.05) is 17.2 Å². The van der Waals surface area contributed by atoms with Gasteiger partial charge in [-0.2, -0.15) is 0 Å². The molecule has 24 heavy (non-hydrogen) atoms. The van der Waals surface area contributed by atoms with Crippen molar-refractivity contribution in [3.63, 3.8) is 0 Å². The molecule has 0 spiro atoms. The Morgan fingerprint density at radius 3 is 2.29 bits per heavy atom. The molecule has 7 heteroatoms. The van der Waals surface area contributed by atoms with E-state index < -0.39 is 23.4 Å². The summed E-state index contributed by atoms with van der Waals surface area (Å²) in [5.41, 5.74) is -0.363. The highest BCUT2D eigenvalue weighted by Crippen LogP contribution is 2.28. The summed E-state index contributed by atoms with van der Waals surface area (Å²) < 4.78 is 10.4. The van der Waals surface area contributed by atoms with E-state index in [-0.39, 0.29) is 5.57 Å². The number of imide groups is 2. The summed E-state index contributed by atoms with van der Waals surface area (Å²) in [5.74, 6) is -0.348. The molecule has 0 atom stereocenters. The van der Waals surface area contributed by atoms with E-state index in [4.69, 9.17) is 9.47 Å². The fourth-order valence-electron chi connectivity index (χ4n) is 2.36. The van der Waals surface area contributed by atoms with E-state index in [9.17, 15) is 14.4 Å². The maximum atomic E-state index is 12.6. The van der Waals surface area contributed by atoms with E-state index in [2.05, 4.69) is 5.32 Å². The van der Waals surface area contributed by atoms with Crippen molar-refractivity contribution in [2.45, 2.75) is 26.3 Å². The van der Waals surface area contributed by atoms with Crippen LogP contribution in [0.3, 0.4) is 0 Å². The quantitative estimate of drug-likeness (QED) is 0.675. The number of methoxy groups -OCH3 is 2. The summed E-state index contributed by atoms with van der Waals surface area (Å²) >= 11 is 0. The first-order chi connectivity index (χ1) is 11.2. The summed E-state index contributed by atoms with van der Waals surface area (Å²) in [6.45, 7) is 5.14. The van der Waals surface area contributed by atoms with Crippen molar-refractivity contribution in [2.75, 3.05) is 14.2 Å². The number of nitrogens with zero attached hydrogens (tertiary/aromatic N) is 1. The van der Waals surface area contributed by atoms with Crippen LogP contribution in [0.15, 0.2) is 23.8 Å².